The first-order chi connectivity index (χ1) is 9.58. The fraction of sp³-hybridized carbons (Fsp3) is 0.625. The Kier molecular flexibility index (Phi) is 5.13. The standard InChI is InChI=1S/C16H24FNO2/c1-13(14-5-3-4-6-15(14)17)18(2)11-16(12-19)7-9-20-10-8-16/h3-6,13,19H,7-12H2,1-2H3. The van der Waals surface area contributed by atoms with Crippen molar-refractivity contribution < 1.29 is 14.2 Å². The topological polar surface area (TPSA) is 32.7 Å². The molecule has 1 heterocycles. The summed E-state index contributed by atoms with van der Waals surface area (Å²) >= 11 is 0. The molecule has 20 heavy (non-hydrogen) atoms. The molecule has 0 radical (unpaired) electrons. The van der Waals surface area contributed by atoms with Gasteiger partial charge in [-0.2, -0.15) is 0 Å². The van der Waals surface area contributed by atoms with Gasteiger partial charge in [-0.3, -0.25) is 4.90 Å². The number of benzene rings is 1. The van der Waals surface area contributed by atoms with Crippen LogP contribution in [0.2, 0.25) is 0 Å². The molecule has 1 aliphatic rings. The Hall–Kier alpha value is -0.970. The van der Waals surface area contributed by atoms with Gasteiger partial charge in [0.2, 0.25) is 0 Å². The Bertz CT molecular complexity index is 432. The second-order valence-corrected chi connectivity index (χ2v) is 5.88. The minimum absolute atomic E-state index is 0.0116. The van der Waals surface area contributed by atoms with E-state index in [2.05, 4.69) is 4.90 Å². The monoisotopic (exact) mass is 281 g/mol. The van der Waals surface area contributed by atoms with Gasteiger partial charge < -0.3 is 9.84 Å². The van der Waals surface area contributed by atoms with E-state index >= 15 is 0 Å². The van der Waals surface area contributed by atoms with Crippen LogP contribution in [0.4, 0.5) is 4.39 Å². The molecule has 1 unspecified atom stereocenters. The Morgan fingerprint density at radius 2 is 2.00 bits per heavy atom. The molecule has 1 aromatic rings. The van der Waals surface area contributed by atoms with Gasteiger partial charge in [0, 0.05) is 36.8 Å². The van der Waals surface area contributed by atoms with Gasteiger partial charge in [-0.15, -0.1) is 0 Å². The number of aliphatic hydroxyl groups excluding tert-OH is 1. The van der Waals surface area contributed by atoms with E-state index in [9.17, 15) is 9.50 Å². The molecule has 1 aliphatic heterocycles. The van der Waals surface area contributed by atoms with E-state index in [1.54, 1.807) is 6.07 Å². The van der Waals surface area contributed by atoms with Crippen LogP contribution in [0, 0.1) is 11.2 Å². The minimum Gasteiger partial charge on any atom is -0.396 e. The van der Waals surface area contributed by atoms with E-state index in [1.807, 2.05) is 26.1 Å². The summed E-state index contributed by atoms with van der Waals surface area (Å²) in [4.78, 5) is 2.12. The van der Waals surface area contributed by atoms with Crippen LogP contribution in [-0.2, 0) is 4.74 Å². The Labute approximate surface area is 120 Å². The summed E-state index contributed by atoms with van der Waals surface area (Å²) < 4.78 is 19.2. The van der Waals surface area contributed by atoms with Gasteiger partial charge in [0.05, 0.1) is 6.61 Å². The van der Waals surface area contributed by atoms with Gasteiger partial charge in [0.1, 0.15) is 5.82 Å². The van der Waals surface area contributed by atoms with E-state index in [0.717, 1.165) is 19.4 Å². The molecule has 0 aliphatic carbocycles. The molecule has 112 valence electrons. The predicted octanol–water partition coefficient (Wildman–Crippen LogP) is 2.61. The number of hydrogen-bond donors (Lipinski definition) is 1. The summed E-state index contributed by atoms with van der Waals surface area (Å²) in [5.74, 6) is -0.170. The number of aliphatic hydroxyl groups is 1. The first-order valence-corrected chi connectivity index (χ1v) is 7.21. The molecule has 2 rings (SSSR count). The van der Waals surface area contributed by atoms with Gasteiger partial charge in [0.25, 0.3) is 0 Å². The van der Waals surface area contributed by atoms with Crippen LogP contribution in [0.1, 0.15) is 31.4 Å². The van der Waals surface area contributed by atoms with Crippen molar-refractivity contribution in [3.8, 4) is 0 Å². The summed E-state index contributed by atoms with van der Waals surface area (Å²) in [6, 6.07) is 6.88. The second kappa shape index (κ2) is 6.66. The van der Waals surface area contributed by atoms with Crippen molar-refractivity contribution in [2.24, 2.45) is 5.41 Å². The first kappa shape index (κ1) is 15.4. The SMILES string of the molecule is CC(c1ccccc1F)N(C)CC1(CO)CCOCC1. The van der Waals surface area contributed by atoms with Crippen molar-refractivity contribution >= 4 is 0 Å². The highest BCUT2D eigenvalue weighted by Gasteiger charge is 2.34. The summed E-state index contributed by atoms with van der Waals surface area (Å²) in [6.07, 6.45) is 1.72. The first-order valence-electron chi connectivity index (χ1n) is 7.21. The predicted molar refractivity (Wildman–Crippen MR) is 77.0 cm³/mol. The summed E-state index contributed by atoms with van der Waals surface area (Å²) in [5.41, 5.74) is 0.585. The summed E-state index contributed by atoms with van der Waals surface area (Å²) in [5, 5.41) is 9.74. The molecule has 0 bridgehead atoms. The lowest BCUT2D eigenvalue weighted by molar-refractivity contribution is -0.0356. The maximum absolute atomic E-state index is 13.9. The minimum atomic E-state index is -0.170. The molecule has 1 saturated heterocycles. The number of rotatable bonds is 5. The third-order valence-electron chi connectivity index (χ3n) is 4.49. The fourth-order valence-electron chi connectivity index (χ4n) is 2.89. The van der Waals surface area contributed by atoms with Crippen molar-refractivity contribution in [1.82, 2.24) is 4.90 Å². The van der Waals surface area contributed by atoms with E-state index in [4.69, 9.17) is 4.74 Å². The molecule has 0 aromatic heterocycles. The van der Waals surface area contributed by atoms with Gasteiger partial charge >= 0.3 is 0 Å². The fourth-order valence-corrected chi connectivity index (χ4v) is 2.89. The Morgan fingerprint density at radius 3 is 2.60 bits per heavy atom. The van der Waals surface area contributed by atoms with Gasteiger partial charge in [-0.05, 0) is 32.9 Å². The zero-order chi connectivity index (χ0) is 14.6. The van der Waals surface area contributed by atoms with Crippen molar-refractivity contribution in [2.75, 3.05) is 33.4 Å². The molecule has 1 N–H and O–H groups in total. The second-order valence-electron chi connectivity index (χ2n) is 5.88. The average molecular weight is 281 g/mol. The van der Waals surface area contributed by atoms with Crippen LogP contribution in [0.3, 0.4) is 0 Å². The Balaban J connectivity index is 2.07. The lowest BCUT2D eigenvalue weighted by atomic mass is 9.80. The van der Waals surface area contributed by atoms with Crippen molar-refractivity contribution in [3.63, 3.8) is 0 Å². The van der Waals surface area contributed by atoms with E-state index in [-0.39, 0.29) is 23.9 Å². The van der Waals surface area contributed by atoms with Crippen LogP contribution in [0.5, 0.6) is 0 Å². The van der Waals surface area contributed by atoms with E-state index in [1.165, 1.54) is 6.07 Å². The van der Waals surface area contributed by atoms with Crippen LogP contribution < -0.4 is 0 Å². The molecule has 0 spiro atoms. The molecule has 0 amide bonds. The van der Waals surface area contributed by atoms with E-state index < -0.39 is 0 Å². The van der Waals surface area contributed by atoms with Gasteiger partial charge in [0.15, 0.2) is 0 Å². The summed E-state index contributed by atoms with van der Waals surface area (Å²) in [7, 11) is 1.99. The molecule has 3 nitrogen and oxygen atoms in total. The largest absolute Gasteiger partial charge is 0.396 e. The quantitative estimate of drug-likeness (QED) is 0.900. The average Bonchev–Trinajstić information content (AvgIpc) is 2.48. The highest BCUT2D eigenvalue weighted by molar-refractivity contribution is 5.20. The molecule has 1 fully saturated rings. The molecule has 0 saturated carbocycles. The number of halogens is 1. The normalized spacial score (nSPS) is 20.1. The van der Waals surface area contributed by atoms with Crippen LogP contribution in [0.15, 0.2) is 24.3 Å². The Morgan fingerprint density at radius 1 is 1.35 bits per heavy atom. The lowest BCUT2D eigenvalue weighted by Crippen LogP contribution is -2.43. The maximum atomic E-state index is 13.9. The van der Waals surface area contributed by atoms with Gasteiger partial charge in [-0.25, -0.2) is 4.39 Å². The van der Waals surface area contributed by atoms with Crippen molar-refractivity contribution in [3.05, 3.63) is 35.6 Å². The molecule has 1 atom stereocenters. The smallest absolute Gasteiger partial charge is 0.127 e. The van der Waals surface area contributed by atoms with Gasteiger partial charge in [-0.1, -0.05) is 18.2 Å². The van der Waals surface area contributed by atoms with Crippen LogP contribution in [0.25, 0.3) is 0 Å². The highest BCUT2D eigenvalue weighted by Crippen LogP contribution is 2.33. The third-order valence-corrected chi connectivity index (χ3v) is 4.49. The molecular weight excluding hydrogens is 257 g/mol. The summed E-state index contributed by atoms with van der Waals surface area (Å²) in [6.45, 7) is 4.31. The third kappa shape index (κ3) is 3.37. The number of ether oxygens (including phenoxy) is 1. The maximum Gasteiger partial charge on any atom is 0.127 e. The lowest BCUT2D eigenvalue weighted by Gasteiger charge is -2.40. The highest BCUT2D eigenvalue weighted by atomic mass is 19.1. The van der Waals surface area contributed by atoms with Crippen molar-refractivity contribution in [2.45, 2.75) is 25.8 Å². The van der Waals surface area contributed by atoms with Crippen LogP contribution in [-0.4, -0.2) is 43.4 Å². The molecule has 4 heteroatoms. The zero-order valence-electron chi connectivity index (χ0n) is 12.3. The zero-order valence-corrected chi connectivity index (χ0v) is 12.3. The van der Waals surface area contributed by atoms with Crippen molar-refractivity contribution in [1.29, 1.82) is 0 Å². The molecule has 1 aromatic carbocycles. The molecular formula is C16H24FNO2. The number of nitrogens with zero attached hydrogens (tertiary/aromatic N) is 1. The van der Waals surface area contributed by atoms with E-state index in [0.29, 0.717) is 18.8 Å². The number of hydrogen-bond acceptors (Lipinski definition) is 3. The van der Waals surface area contributed by atoms with Crippen LogP contribution >= 0.6 is 0 Å².